The summed E-state index contributed by atoms with van der Waals surface area (Å²) in [7, 11) is 0. The minimum atomic E-state index is -5.01. The molecule has 14 heteroatoms. The van der Waals surface area contributed by atoms with Crippen LogP contribution in [0.1, 0.15) is 0 Å². The van der Waals surface area contributed by atoms with Crippen LogP contribution in [0.2, 0.25) is 0 Å². The van der Waals surface area contributed by atoms with Crippen molar-refractivity contribution in [2.45, 2.75) is 18.6 Å². The lowest BCUT2D eigenvalue weighted by Crippen LogP contribution is -2.55. The molecule has 0 aromatic heterocycles. The lowest BCUT2D eigenvalue weighted by molar-refractivity contribution is -0.160. The molecule has 3 N–H and O–H groups in total. The molecule has 1 fully saturated rings. The van der Waals surface area contributed by atoms with Gasteiger partial charge in [-0.25, -0.2) is 13.2 Å². The van der Waals surface area contributed by atoms with E-state index in [1.165, 1.54) is 11.0 Å². The van der Waals surface area contributed by atoms with Gasteiger partial charge < -0.3 is 20.7 Å². The van der Waals surface area contributed by atoms with E-state index in [0.29, 0.717) is 0 Å². The Morgan fingerprint density at radius 3 is 2.48 bits per heavy atom. The molecule has 1 aliphatic rings. The lowest BCUT2D eigenvalue weighted by atomic mass is 10.2. The molecule has 0 radical (unpaired) electrons. The Kier molecular flexibility index (Phi) is 7.84. The van der Waals surface area contributed by atoms with Crippen LogP contribution in [0.4, 0.5) is 37.7 Å². The van der Waals surface area contributed by atoms with E-state index in [9.17, 15) is 40.7 Å². The van der Waals surface area contributed by atoms with Crippen molar-refractivity contribution in [3.05, 3.63) is 24.0 Å². The van der Waals surface area contributed by atoms with Crippen molar-refractivity contribution in [1.29, 1.82) is 0 Å². The highest BCUT2D eigenvalue weighted by Crippen LogP contribution is 2.24. The first-order valence-corrected chi connectivity index (χ1v) is 8.76. The van der Waals surface area contributed by atoms with Crippen molar-refractivity contribution in [2.24, 2.45) is 5.73 Å². The molecule has 1 atom stereocenters. The van der Waals surface area contributed by atoms with Gasteiger partial charge in [0.15, 0.2) is 6.04 Å². The molecule has 172 valence electrons. The number of hydrogen-bond acceptors (Lipinski definition) is 5. The third-order valence-corrected chi connectivity index (χ3v) is 4.15. The quantitative estimate of drug-likeness (QED) is 0.451. The van der Waals surface area contributed by atoms with Gasteiger partial charge in [0.25, 0.3) is 18.2 Å². The summed E-state index contributed by atoms with van der Waals surface area (Å²) in [5.74, 6) is -4.67. The van der Waals surface area contributed by atoms with Gasteiger partial charge in [-0.2, -0.15) is 13.2 Å². The van der Waals surface area contributed by atoms with E-state index in [1.807, 2.05) is 5.32 Å². The monoisotopic (exact) mass is 456 g/mol. The second-order valence-corrected chi connectivity index (χ2v) is 6.49. The third kappa shape index (κ3) is 6.82. The van der Waals surface area contributed by atoms with Crippen molar-refractivity contribution >= 4 is 29.1 Å². The number of primary amides is 1. The van der Waals surface area contributed by atoms with Crippen LogP contribution in [0, 0.1) is 5.82 Å². The Labute approximate surface area is 171 Å². The number of carbonyl (C=O) groups is 3. The number of nitrogens with two attached hydrogens (primary N) is 1. The Hall–Kier alpha value is -2.87. The molecule has 1 aliphatic heterocycles. The molecule has 0 unspecified atom stereocenters. The van der Waals surface area contributed by atoms with E-state index in [4.69, 9.17) is 10.5 Å². The molecule has 1 aromatic carbocycles. The van der Waals surface area contributed by atoms with Crippen LogP contribution in [0.15, 0.2) is 18.2 Å². The van der Waals surface area contributed by atoms with Gasteiger partial charge in [-0.3, -0.25) is 19.3 Å². The molecule has 1 aromatic rings. The zero-order valence-electron chi connectivity index (χ0n) is 15.8. The van der Waals surface area contributed by atoms with Crippen molar-refractivity contribution in [3.8, 4) is 0 Å². The molecular weight excluding hydrogens is 438 g/mol. The maximum atomic E-state index is 14.4. The van der Waals surface area contributed by atoms with Gasteiger partial charge in [-0.05, 0) is 18.2 Å². The fraction of sp³-hybridized carbons (Fsp3) is 0.471. The summed E-state index contributed by atoms with van der Waals surface area (Å²) in [5, 5.41) is 1.88. The molecule has 1 saturated heterocycles. The van der Waals surface area contributed by atoms with Crippen LogP contribution in [-0.4, -0.2) is 74.1 Å². The van der Waals surface area contributed by atoms with Crippen LogP contribution in [-0.2, 0) is 19.1 Å². The Balaban J connectivity index is 2.23. The number of ether oxygens (including phenoxy) is 1. The SMILES string of the molecule is NC(=O)[C@H](C(=O)Nc1ccc(N2CCOCC2=O)cc1F)N(CC(F)F)CC(F)(F)F. The summed E-state index contributed by atoms with van der Waals surface area (Å²) < 4.78 is 82.9. The maximum Gasteiger partial charge on any atom is 0.401 e. The lowest BCUT2D eigenvalue weighted by Gasteiger charge is -2.29. The van der Waals surface area contributed by atoms with Gasteiger partial charge >= 0.3 is 6.18 Å². The molecule has 0 bridgehead atoms. The summed E-state index contributed by atoms with van der Waals surface area (Å²) in [6.07, 6.45) is -8.32. The maximum absolute atomic E-state index is 14.4. The highest BCUT2D eigenvalue weighted by atomic mass is 19.4. The topological polar surface area (TPSA) is 105 Å². The minimum Gasteiger partial charge on any atom is -0.370 e. The predicted molar refractivity (Wildman–Crippen MR) is 94.8 cm³/mol. The standard InChI is InChI=1S/C17H18F6N4O4/c18-10-5-9(27-3-4-31-7-13(27)28)1-2-11(10)25-16(30)14(15(24)29)26(6-12(19)20)8-17(21,22)23/h1-2,5,12,14H,3-4,6-8H2,(H2,24,29)(H,25,30)/t14-/m1/s1. The number of alkyl halides is 5. The molecule has 0 spiro atoms. The smallest absolute Gasteiger partial charge is 0.370 e. The number of hydrogen-bond donors (Lipinski definition) is 2. The van der Waals surface area contributed by atoms with E-state index < -0.39 is 61.0 Å². The van der Waals surface area contributed by atoms with Gasteiger partial charge in [-0.1, -0.05) is 0 Å². The van der Waals surface area contributed by atoms with E-state index in [1.54, 1.807) is 0 Å². The fourth-order valence-corrected chi connectivity index (χ4v) is 2.91. The Morgan fingerprint density at radius 2 is 1.97 bits per heavy atom. The molecule has 2 rings (SSSR count). The van der Waals surface area contributed by atoms with Gasteiger partial charge in [0.05, 0.1) is 25.4 Å². The number of nitrogens with one attached hydrogen (secondary N) is 1. The number of anilines is 2. The summed E-state index contributed by atoms with van der Waals surface area (Å²) in [4.78, 5) is 36.8. The van der Waals surface area contributed by atoms with E-state index >= 15 is 0 Å². The van der Waals surface area contributed by atoms with Gasteiger partial charge in [-0.15, -0.1) is 0 Å². The fourth-order valence-electron chi connectivity index (χ4n) is 2.91. The number of benzene rings is 1. The Morgan fingerprint density at radius 1 is 1.29 bits per heavy atom. The summed E-state index contributed by atoms with van der Waals surface area (Å²) >= 11 is 0. The second-order valence-electron chi connectivity index (χ2n) is 6.49. The first kappa shape index (κ1) is 24.4. The normalized spacial score (nSPS) is 16.0. The number of morpholine rings is 1. The molecule has 1 heterocycles. The number of rotatable bonds is 8. The summed E-state index contributed by atoms with van der Waals surface area (Å²) in [6.45, 7) is -3.43. The van der Waals surface area contributed by atoms with Crippen molar-refractivity contribution in [3.63, 3.8) is 0 Å². The van der Waals surface area contributed by atoms with Gasteiger partial charge in [0, 0.05) is 12.2 Å². The molecular formula is C17H18F6N4O4. The van der Waals surface area contributed by atoms with Crippen molar-refractivity contribution in [1.82, 2.24) is 4.90 Å². The molecule has 0 aliphatic carbocycles. The Bertz CT molecular complexity index is 835. The summed E-state index contributed by atoms with van der Waals surface area (Å²) in [6, 6.07) is 0.693. The predicted octanol–water partition coefficient (Wildman–Crippen LogP) is 1.11. The first-order chi connectivity index (χ1) is 14.4. The molecule has 8 nitrogen and oxygen atoms in total. The largest absolute Gasteiger partial charge is 0.401 e. The molecule has 3 amide bonds. The molecule has 0 saturated carbocycles. The molecule has 31 heavy (non-hydrogen) atoms. The van der Waals surface area contributed by atoms with Crippen LogP contribution >= 0.6 is 0 Å². The summed E-state index contributed by atoms with van der Waals surface area (Å²) in [5.41, 5.74) is 4.54. The zero-order valence-corrected chi connectivity index (χ0v) is 15.8. The first-order valence-electron chi connectivity index (χ1n) is 8.76. The van der Waals surface area contributed by atoms with Crippen LogP contribution in [0.5, 0.6) is 0 Å². The number of amides is 3. The van der Waals surface area contributed by atoms with Crippen LogP contribution in [0.25, 0.3) is 0 Å². The van der Waals surface area contributed by atoms with Crippen LogP contribution < -0.4 is 16.0 Å². The van der Waals surface area contributed by atoms with Gasteiger partial charge in [0.1, 0.15) is 12.4 Å². The average Bonchev–Trinajstić information content (AvgIpc) is 2.61. The van der Waals surface area contributed by atoms with Crippen molar-refractivity contribution < 1.29 is 45.5 Å². The minimum absolute atomic E-state index is 0.131. The zero-order chi connectivity index (χ0) is 23.3. The number of nitrogens with zero attached hydrogens (tertiary/aromatic N) is 2. The van der Waals surface area contributed by atoms with Gasteiger partial charge in [0.2, 0.25) is 5.91 Å². The highest BCUT2D eigenvalue weighted by Gasteiger charge is 2.40. The van der Waals surface area contributed by atoms with Crippen LogP contribution in [0.3, 0.4) is 0 Å². The second kappa shape index (κ2) is 9.96. The van der Waals surface area contributed by atoms with E-state index in [-0.39, 0.29) is 30.3 Å². The average molecular weight is 456 g/mol. The van der Waals surface area contributed by atoms with E-state index in [2.05, 4.69) is 0 Å². The number of halogens is 6. The highest BCUT2D eigenvalue weighted by molar-refractivity contribution is 6.09. The third-order valence-electron chi connectivity index (χ3n) is 4.15. The van der Waals surface area contributed by atoms with Crippen molar-refractivity contribution in [2.75, 3.05) is 43.1 Å². The van der Waals surface area contributed by atoms with E-state index in [0.717, 1.165) is 12.1 Å². The number of carbonyl (C=O) groups excluding carboxylic acids is 3.